The quantitative estimate of drug-likeness (QED) is 0.526. The molecule has 0 aliphatic heterocycles. The highest BCUT2D eigenvalue weighted by atomic mass is 14.9. The lowest BCUT2D eigenvalue weighted by molar-refractivity contribution is 1.09. The van der Waals surface area contributed by atoms with Crippen LogP contribution in [0.4, 0.5) is 5.69 Å². The zero-order valence-corrected chi connectivity index (χ0v) is 7.22. The molecule has 1 N–H and O–H groups in total. The first-order valence-electron chi connectivity index (χ1n) is 4.03. The van der Waals surface area contributed by atoms with E-state index in [-0.39, 0.29) is 0 Å². The van der Waals surface area contributed by atoms with Gasteiger partial charge in [-0.2, -0.15) is 0 Å². The molecular formula is C11H12N. The van der Waals surface area contributed by atoms with Gasteiger partial charge in [-0.05, 0) is 31.0 Å². The summed E-state index contributed by atoms with van der Waals surface area (Å²) in [6.45, 7) is 2.85. The van der Waals surface area contributed by atoms with Gasteiger partial charge < -0.3 is 5.32 Å². The molecule has 1 nitrogen and oxygen atoms in total. The molecule has 0 unspecified atom stereocenters. The van der Waals surface area contributed by atoms with E-state index in [4.69, 9.17) is 6.42 Å². The standard InChI is InChI=1S/C11H12N/c1-3-4-8-12-11-7-5-6-10(2)9-11/h5-7,9,12H,4,8H2,2H3. The SMILES string of the molecule is [C]#CCCNc1cccc(C)c1. The van der Waals surface area contributed by atoms with Crippen LogP contribution in [0.3, 0.4) is 0 Å². The van der Waals surface area contributed by atoms with E-state index in [2.05, 4.69) is 30.3 Å². The summed E-state index contributed by atoms with van der Waals surface area (Å²) >= 11 is 0. The molecule has 12 heavy (non-hydrogen) atoms. The summed E-state index contributed by atoms with van der Waals surface area (Å²) in [5.41, 5.74) is 2.36. The number of nitrogens with one attached hydrogen (secondary N) is 1. The van der Waals surface area contributed by atoms with Crippen LogP contribution in [0.15, 0.2) is 24.3 Å². The molecule has 0 bridgehead atoms. The fraction of sp³-hybridized carbons (Fsp3) is 0.273. The number of aryl methyl sites for hydroxylation is 1. The molecule has 0 fully saturated rings. The zero-order chi connectivity index (χ0) is 8.81. The summed E-state index contributed by atoms with van der Waals surface area (Å²) in [7, 11) is 0. The molecule has 0 aliphatic rings. The Balaban J connectivity index is 2.48. The predicted molar refractivity (Wildman–Crippen MR) is 51.4 cm³/mol. The molecule has 0 heterocycles. The number of benzene rings is 1. The Kier molecular flexibility index (Phi) is 3.22. The van der Waals surface area contributed by atoms with E-state index in [0.29, 0.717) is 6.42 Å². The van der Waals surface area contributed by atoms with Crippen LogP contribution in [-0.2, 0) is 0 Å². The Bertz CT molecular complexity index is 283. The minimum absolute atomic E-state index is 0.661. The topological polar surface area (TPSA) is 12.0 Å². The highest BCUT2D eigenvalue weighted by Gasteiger charge is 1.89. The van der Waals surface area contributed by atoms with E-state index in [1.54, 1.807) is 0 Å². The van der Waals surface area contributed by atoms with Crippen molar-refractivity contribution in [3.63, 3.8) is 0 Å². The minimum atomic E-state index is 0.661. The molecular weight excluding hydrogens is 146 g/mol. The number of hydrogen-bond acceptors (Lipinski definition) is 1. The van der Waals surface area contributed by atoms with Crippen LogP contribution in [0.2, 0.25) is 0 Å². The van der Waals surface area contributed by atoms with E-state index < -0.39 is 0 Å². The second-order valence-electron chi connectivity index (χ2n) is 2.72. The van der Waals surface area contributed by atoms with E-state index in [1.807, 2.05) is 12.1 Å². The summed E-state index contributed by atoms with van der Waals surface area (Å²) in [6.07, 6.45) is 7.38. The lowest BCUT2D eigenvalue weighted by Gasteiger charge is -2.03. The number of anilines is 1. The van der Waals surface area contributed by atoms with E-state index >= 15 is 0 Å². The maximum absolute atomic E-state index is 6.72. The molecule has 0 amide bonds. The highest BCUT2D eigenvalue weighted by molar-refractivity contribution is 5.45. The summed E-state index contributed by atoms with van der Waals surface area (Å²) in [4.78, 5) is 0. The molecule has 0 saturated heterocycles. The van der Waals surface area contributed by atoms with Gasteiger partial charge in [0.1, 0.15) is 0 Å². The van der Waals surface area contributed by atoms with E-state index in [9.17, 15) is 0 Å². The molecule has 0 aliphatic carbocycles. The molecule has 1 heteroatoms. The first-order chi connectivity index (χ1) is 5.83. The summed E-state index contributed by atoms with van der Waals surface area (Å²) in [5.74, 6) is 2.34. The maximum atomic E-state index is 6.72. The third kappa shape index (κ3) is 2.67. The molecule has 0 saturated carbocycles. The molecule has 1 radical (unpaired) electrons. The van der Waals surface area contributed by atoms with Gasteiger partial charge in [-0.25, -0.2) is 0 Å². The largest absolute Gasteiger partial charge is 0.384 e. The third-order valence-electron chi connectivity index (χ3n) is 1.60. The molecule has 0 atom stereocenters. The molecule has 61 valence electrons. The first-order valence-corrected chi connectivity index (χ1v) is 4.03. The van der Waals surface area contributed by atoms with Crippen molar-refractivity contribution in [3.8, 4) is 5.92 Å². The van der Waals surface area contributed by atoms with Gasteiger partial charge in [0.25, 0.3) is 0 Å². The molecule has 1 aromatic rings. The van der Waals surface area contributed by atoms with Gasteiger partial charge in [0, 0.05) is 18.7 Å². The van der Waals surface area contributed by atoms with Crippen LogP contribution in [0.5, 0.6) is 0 Å². The van der Waals surface area contributed by atoms with Crippen molar-refractivity contribution in [2.75, 3.05) is 11.9 Å². The molecule has 1 rings (SSSR count). The van der Waals surface area contributed by atoms with Crippen molar-refractivity contribution in [1.29, 1.82) is 0 Å². The molecule has 0 spiro atoms. The van der Waals surface area contributed by atoms with Crippen LogP contribution in [0.25, 0.3) is 0 Å². The van der Waals surface area contributed by atoms with Crippen molar-refractivity contribution in [1.82, 2.24) is 0 Å². The van der Waals surface area contributed by atoms with Gasteiger partial charge >= 0.3 is 0 Å². The fourth-order valence-corrected chi connectivity index (χ4v) is 1.02. The Hall–Kier alpha value is -1.42. The zero-order valence-electron chi connectivity index (χ0n) is 7.22. The van der Waals surface area contributed by atoms with Crippen LogP contribution in [0, 0.1) is 19.3 Å². The van der Waals surface area contributed by atoms with Gasteiger partial charge in [-0.3, -0.25) is 0 Å². The van der Waals surface area contributed by atoms with Crippen molar-refractivity contribution in [2.24, 2.45) is 0 Å². The van der Waals surface area contributed by atoms with Gasteiger partial charge in [-0.15, -0.1) is 0 Å². The summed E-state index contributed by atoms with van der Waals surface area (Å²) in [5, 5.41) is 3.20. The predicted octanol–water partition coefficient (Wildman–Crippen LogP) is 2.39. The second kappa shape index (κ2) is 4.46. The van der Waals surface area contributed by atoms with Crippen molar-refractivity contribution in [3.05, 3.63) is 36.3 Å². The van der Waals surface area contributed by atoms with E-state index in [1.165, 1.54) is 5.56 Å². The first kappa shape index (κ1) is 8.67. The number of rotatable bonds is 3. The van der Waals surface area contributed by atoms with Crippen LogP contribution in [-0.4, -0.2) is 6.54 Å². The lowest BCUT2D eigenvalue weighted by atomic mass is 10.2. The Morgan fingerprint density at radius 2 is 2.33 bits per heavy atom. The van der Waals surface area contributed by atoms with Crippen LogP contribution < -0.4 is 5.32 Å². The molecule has 1 aromatic carbocycles. The van der Waals surface area contributed by atoms with Crippen molar-refractivity contribution < 1.29 is 0 Å². The minimum Gasteiger partial charge on any atom is -0.384 e. The second-order valence-corrected chi connectivity index (χ2v) is 2.72. The smallest absolute Gasteiger partial charge is 0.0343 e. The van der Waals surface area contributed by atoms with E-state index in [0.717, 1.165) is 12.2 Å². The number of hydrogen-bond donors (Lipinski definition) is 1. The average Bonchev–Trinajstić information content (AvgIpc) is 2.05. The van der Waals surface area contributed by atoms with Crippen molar-refractivity contribution in [2.45, 2.75) is 13.3 Å². The van der Waals surface area contributed by atoms with Crippen molar-refractivity contribution >= 4 is 5.69 Å². The third-order valence-corrected chi connectivity index (χ3v) is 1.60. The summed E-state index contributed by atoms with van der Waals surface area (Å²) in [6, 6.07) is 8.20. The normalized spacial score (nSPS) is 9.00. The highest BCUT2D eigenvalue weighted by Crippen LogP contribution is 2.08. The monoisotopic (exact) mass is 158 g/mol. The average molecular weight is 158 g/mol. The summed E-state index contributed by atoms with van der Waals surface area (Å²) < 4.78 is 0. The molecule has 0 aromatic heterocycles. The Morgan fingerprint density at radius 1 is 1.50 bits per heavy atom. The van der Waals surface area contributed by atoms with Crippen LogP contribution in [0.1, 0.15) is 12.0 Å². The maximum Gasteiger partial charge on any atom is 0.0343 e. The fourth-order valence-electron chi connectivity index (χ4n) is 1.02. The van der Waals surface area contributed by atoms with Crippen LogP contribution >= 0.6 is 0 Å². The van der Waals surface area contributed by atoms with Gasteiger partial charge in [-0.1, -0.05) is 18.1 Å². The van der Waals surface area contributed by atoms with Gasteiger partial charge in [0.05, 0.1) is 0 Å². The lowest BCUT2D eigenvalue weighted by Crippen LogP contribution is -1.99. The Morgan fingerprint density at radius 3 is 3.00 bits per heavy atom. The van der Waals surface area contributed by atoms with Gasteiger partial charge in [0.2, 0.25) is 0 Å². The Labute approximate surface area is 73.8 Å². The van der Waals surface area contributed by atoms with Gasteiger partial charge in [0.15, 0.2) is 0 Å².